The van der Waals surface area contributed by atoms with Gasteiger partial charge in [-0.25, -0.2) is 0 Å². The highest BCUT2D eigenvalue weighted by Gasteiger charge is 1.88. The van der Waals surface area contributed by atoms with Crippen molar-refractivity contribution >= 4 is 12.4 Å². The standard InChI is InChI=1S/C3H3N3.ClH/c4-1-3(6)2-5;/h3H,6H2;1H. The Morgan fingerprint density at radius 3 is 1.57 bits per heavy atom. The second kappa shape index (κ2) is 5.23. The molecule has 0 saturated carbocycles. The van der Waals surface area contributed by atoms with E-state index in [1.54, 1.807) is 0 Å². The van der Waals surface area contributed by atoms with Crippen molar-refractivity contribution in [3.8, 4) is 12.1 Å². The molecular formula is C3H4ClN3. The Labute approximate surface area is 47.7 Å². The van der Waals surface area contributed by atoms with Crippen LogP contribution in [0.4, 0.5) is 0 Å². The van der Waals surface area contributed by atoms with E-state index in [-0.39, 0.29) is 12.4 Å². The van der Waals surface area contributed by atoms with Crippen LogP contribution in [0.2, 0.25) is 0 Å². The molecule has 2 N–H and O–H groups in total. The summed E-state index contributed by atoms with van der Waals surface area (Å²) >= 11 is 0. The zero-order chi connectivity index (χ0) is 4.99. The van der Waals surface area contributed by atoms with Gasteiger partial charge in [-0.3, -0.25) is 0 Å². The van der Waals surface area contributed by atoms with E-state index < -0.39 is 6.04 Å². The summed E-state index contributed by atoms with van der Waals surface area (Å²) in [7, 11) is 0. The van der Waals surface area contributed by atoms with Crippen molar-refractivity contribution in [2.24, 2.45) is 5.73 Å². The summed E-state index contributed by atoms with van der Waals surface area (Å²) in [5.74, 6) is 0. The first-order valence-corrected chi connectivity index (χ1v) is 1.36. The summed E-state index contributed by atoms with van der Waals surface area (Å²) in [6.07, 6.45) is 0. The van der Waals surface area contributed by atoms with Gasteiger partial charge in [0.1, 0.15) is 0 Å². The Morgan fingerprint density at radius 1 is 1.29 bits per heavy atom. The van der Waals surface area contributed by atoms with Crippen LogP contribution in [0.3, 0.4) is 0 Å². The van der Waals surface area contributed by atoms with E-state index in [0.717, 1.165) is 0 Å². The molecule has 0 aliphatic heterocycles. The summed E-state index contributed by atoms with van der Waals surface area (Å²) in [5.41, 5.74) is 4.75. The molecule has 3 nitrogen and oxygen atoms in total. The van der Waals surface area contributed by atoms with Crippen molar-refractivity contribution < 1.29 is 0 Å². The van der Waals surface area contributed by atoms with Gasteiger partial charge in [-0.05, 0) is 0 Å². The lowest BCUT2D eigenvalue weighted by Crippen LogP contribution is -2.12. The minimum Gasteiger partial charge on any atom is -0.304 e. The van der Waals surface area contributed by atoms with E-state index in [0.29, 0.717) is 0 Å². The van der Waals surface area contributed by atoms with Crippen molar-refractivity contribution in [2.75, 3.05) is 0 Å². The average Bonchev–Trinajstić information content (AvgIpc) is 1.65. The molecule has 0 unspecified atom stereocenters. The predicted molar refractivity (Wildman–Crippen MR) is 26.4 cm³/mol. The number of nitrogens with two attached hydrogens (primary N) is 1. The molecular weight excluding hydrogens is 114 g/mol. The van der Waals surface area contributed by atoms with E-state index >= 15 is 0 Å². The van der Waals surface area contributed by atoms with Crippen LogP contribution in [0.5, 0.6) is 0 Å². The van der Waals surface area contributed by atoms with E-state index in [4.69, 9.17) is 16.3 Å². The van der Waals surface area contributed by atoms with Gasteiger partial charge in [0.2, 0.25) is 0 Å². The van der Waals surface area contributed by atoms with Crippen LogP contribution in [-0.4, -0.2) is 6.04 Å². The summed E-state index contributed by atoms with van der Waals surface area (Å²) in [6, 6.07) is 2.11. The van der Waals surface area contributed by atoms with Gasteiger partial charge in [0, 0.05) is 0 Å². The quantitative estimate of drug-likeness (QED) is 0.477. The van der Waals surface area contributed by atoms with Crippen LogP contribution in [0.15, 0.2) is 0 Å². The molecule has 0 aromatic rings. The fraction of sp³-hybridized carbons (Fsp3) is 0.333. The molecule has 0 heterocycles. The fourth-order valence-electron chi connectivity index (χ4n) is 0.0289. The van der Waals surface area contributed by atoms with Gasteiger partial charge in [0.25, 0.3) is 0 Å². The number of nitriles is 2. The lowest BCUT2D eigenvalue weighted by atomic mass is 10.4. The van der Waals surface area contributed by atoms with Crippen LogP contribution in [-0.2, 0) is 0 Å². The number of rotatable bonds is 0. The largest absolute Gasteiger partial charge is 0.304 e. The Morgan fingerprint density at radius 2 is 1.57 bits per heavy atom. The molecule has 0 aliphatic carbocycles. The Balaban J connectivity index is 0. The highest BCUT2D eigenvalue weighted by molar-refractivity contribution is 5.85. The zero-order valence-corrected chi connectivity index (χ0v) is 4.27. The van der Waals surface area contributed by atoms with E-state index in [1.807, 2.05) is 0 Å². The third kappa shape index (κ3) is 5.23. The van der Waals surface area contributed by atoms with Crippen LogP contribution >= 0.6 is 12.4 Å². The summed E-state index contributed by atoms with van der Waals surface area (Å²) in [5, 5.41) is 15.5. The number of nitrogens with zero attached hydrogens (tertiary/aromatic N) is 2. The third-order valence-electron chi connectivity index (χ3n) is 0.278. The van der Waals surface area contributed by atoms with Crippen molar-refractivity contribution in [1.82, 2.24) is 0 Å². The molecule has 0 atom stereocenters. The van der Waals surface area contributed by atoms with Crippen molar-refractivity contribution in [1.29, 1.82) is 10.5 Å². The maximum atomic E-state index is 7.74. The molecule has 0 bridgehead atoms. The van der Waals surface area contributed by atoms with Crippen molar-refractivity contribution in [3.63, 3.8) is 0 Å². The molecule has 38 valence electrons. The van der Waals surface area contributed by atoms with Crippen molar-refractivity contribution in [2.45, 2.75) is 6.04 Å². The van der Waals surface area contributed by atoms with Gasteiger partial charge in [-0.15, -0.1) is 12.4 Å². The number of hydrogen-bond donors (Lipinski definition) is 1. The number of hydrogen-bond acceptors (Lipinski definition) is 3. The zero-order valence-electron chi connectivity index (χ0n) is 3.46. The van der Waals surface area contributed by atoms with Gasteiger partial charge in [0.05, 0.1) is 12.1 Å². The first-order chi connectivity index (χ1) is 2.81. The topological polar surface area (TPSA) is 73.6 Å². The molecule has 0 radical (unpaired) electrons. The smallest absolute Gasteiger partial charge is 0.181 e. The molecule has 0 aliphatic rings. The van der Waals surface area contributed by atoms with Crippen molar-refractivity contribution in [3.05, 3.63) is 0 Å². The maximum absolute atomic E-state index is 7.74. The van der Waals surface area contributed by atoms with E-state index in [9.17, 15) is 0 Å². The van der Waals surface area contributed by atoms with Crippen LogP contribution in [0, 0.1) is 22.7 Å². The monoisotopic (exact) mass is 117 g/mol. The molecule has 7 heavy (non-hydrogen) atoms. The van der Waals surface area contributed by atoms with E-state index in [1.165, 1.54) is 12.1 Å². The second-order valence-electron chi connectivity index (χ2n) is 0.736. The molecule has 0 spiro atoms. The lowest BCUT2D eigenvalue weighted by molar-refractivity contribution is 1.05. The molecule has 4 heteroatoms. The third-order valence-corrected chi connectivity index (χ3v) is 0.278. The Bertz CT molecular complexity index is 94.3. The highest BCUT2D eigenvalue weighted by Crippen LogP contribution is 1.61. The molecule has 0 fully saturated rings. The summed E-state index contributed by atoms with van der Waals surface area (Å²) in [6.45, 7) is 0. The lowest BCUT2D eigenvalue weighted by Gasteiger charge is -1.74. The molecule has 0 aromatic carbocycles. The Hall–Kier alpha value is -0.770. The van der Waals surface area contributed by atoms with Gasteiger partial charge in [0.15, 0.2) is 6.04 Å². The van der Waals surface area contributed by atoms with Gasteiger partial charge < -0.3 is 5.73 Å². The fourth-order valence-corrected chi connectivity index (χ4v) is 0.0289. The molecule has 0 rings (SSSR count). The SMILES string of the molecule is Cl.N#CC(N)C#N. The Kier molecular flexibility index (Phi) is 7.12. The maximum Gasteiger partial charge on any atom is 0.181 e. The molecule has 0 saturated heterocycles. The minimum atomic E-state index is -0.954. The highest BCUT2D eigenvalue weighted by atomic mass is 35.5. The summed E-state index contributed by atoms with van der Waals surface area (Å²) in [4.78, 5) is 0. The average molecular weight is 118 g/mol. The first kappa shape index (κ1) is 9.52. The molecule has 0 amide bonds. The molecule has 0 aromatic heterocycles. The first-order valence-electron chi connectivity index (χ1n) is 1.36. The van der Waals surface area contributed by atoms with Crippen LogP contribution in [0.25, 0.3) is 0 Å². The minimum absolute atomic E-state index is 0. The van der Waals surface area contributed by atoms with E-state index in [2.05, 4.69) is 0 Å². The van der Waals surface area contributed by atoms with Gasteiger partial charge >= 0.3 is 0 Å². The second-order valence-corrected chi connectivity index (χ2v) is 0.736. The number of halogens is 1. The normalized spacial score (nSPS) is 5.71. The van der Waals surface area contributed by atoms with Crippen LogP contribution < -0.4 is 5.73 Å². The predicted octanol–water partition coefficient (Wildman–Crippen LogP) is -0.217. The van der Waals surface area contributed by atoms with Crippen LogP contribution in [0.1, 0.15) is 0 Å². The van der Waals surface area contributed by atoms with Gasteiger partial charge in [-0.1, -0.05) is 0 Å². The summed E-state index contributed by atoms with van der Waals surface area (Å²) < 4.78 is 0. The van der Waals surface area contributed by atoms with Gasteiger partial charge in [-0.2, -0.15) is 10.5 Å².